The van der Waals surface area contributed by atoms with Crippen molar-refractivity contribution in [3.8, 4) is 0 Å². The van der Waals surface area contributed by atoms with Gasteiger partial charge in [-0.15, -0.1) is 0 Å². The smallest absolute Gasteiger partial charge is 0.247 e. The second kappa shape index (κ2) is 6.51. The van der Waals surface area contributed by atoms with Gasteiger partial charge in [0.15, 0.2) is 0 Å². The van der Waals surface area contributed by atoms with Crippen LogP contribution in [-0.4, -0.2) is 20.5 Å². The van der Waals surface area contributed by atoms with Gasteiger partial charge in [0.25, 0.3) is 0 Å². The minimum Gasteiger partial charge on any atom is -0.247 e. The summed E-state index contributed by atoms with van der Waals surface area (Å²) in [6, 6.07) is 0. The molecule has 0 bridgehead atoms. The molecule has 0 aliphatic heterocycles. The quantitative estimate of drug-likeness (QED) is 0.426. The lowest BCUT2D eigenvalue weighted by atomic mass is 10.2. The van der Waals surface area contributed by atoms with Crippen LogP contribution in [0.2, 0.25) is 0 Å². The molecule has 0 aromatic heterocycles. The summed E-state index contributed by atoms with van der Waals surface area (Å²) in [5.74, 6) is 0. The Morgan fingerprint density at radius 3 is 1.44 bits per heavy atom. The highest BCUT2D eigenvalue weighted by atomic mass is 28.3. The van der Waals surface area contributed by atoms with Gasteiger partial charge < -0.3 is 0 Å². The molecule has 0 aliphatic carbocycles. The molecular formula is C11H24O4Si. The van der Waals surface area contributed by atoms with Crippen molar-refractivity contribution in [3.63, 3.8) is 0 Å². The van der Waals surface area contributed by atoms with Gasteiger partial charge in [0.05, 0.1) is 11.2 Å². The van der Waals surface area contributed by atoms with Crippen LogP contribution >= 0.6 is 0 Å². The van der Waals surface area contributed by atoms with Crippen molar-refractivity contribution in [1.82, 2.24) is 0 Å². The summed E-state index contributed by atoms with van der Waals surface area (Å²) >= 11 is 0. The Morgan fingerprint density at radius 2 is 1.19 bits per heavy atom. The molecule has 5 heteroatoms. The highest BCUT2D eigenvalue weighted by Crippen LogP contribution is 2.12. The summed E-state index contributed by atoms with van der Waals surface area (Å²) in [6.07, 6.45) is 1.87. The van der Waals surface area contributed by atoms with Crippen molar-refractivity contribution < 1.29 is 18.9 Å². The summed E-state index contributed by atoms with van der Waals surface area (Å²) < 4.78 is 10.5. The first kappa shape index (κ1) is 15.8. The molecule has 0 atom stereocenters. The van der Waals surface area contributed by atoms with E-state index in [1.54, 1.807) is 0 Å². The van der Waals surface area contributed by atoms with Crippen molar-refractivity contribution in [1.29, 1.82) is 0 Å². The van der Waals surface area contributed by atoms with Crippen LogP contribution in [0.25, 0.3) is 0 Å². The topological polar surface area (TPSA) is 36.9 Å². The van der Waals surface area contributed by atoms with Crippen molar-refractivity contribution in [2.45, 2.75) is 59.7 Å². The predicted molar refractivity (Wildman–Crippen MR) is 65.8 cm³/mol. The summed E-state index contributed by atoms with van der Waals surface area (Å²) in [4.78, 5) is 10.4. The zero-order valence-corrected chi connectivity index (χ0v) is 12.5. The summed E-state index contributed by atoms with van der Waals surface area (Å²) in [5.41, 5.74) is 1.15. The molecule has 0 unspecified atom stereocenters. The van der Waals surface area contributed by atoms with Crippen LogP contribution in [0.15, 0.2) is 11.8 Å². The molecule has 4 nitrogen and oxygen atoms in total. The van der Waals surface area contributed by atoms with Gasteiger partial charge >= 0.3 is 9.28 Å². The van der Waals surface area contributed by atoms with Gasteiger partial charge in [0, 0.05) is 0 Å². The van der Waals surface area contributed by atoms with E-state index in [2.05, 4.69) is 0 Å². The Labute approximate surface area is 100 Å². The number of allylic oxidation sites excluding steroid dienone is 1. The molecule has 0 radical (unpaired) electrons. The normalized spacial score (nSPS) is 14.0. The van der Waals surface area contributed by atoms with Gasteiger partial charge in [-0.2, -0.15) is 0 Å². The average molecular weight is 248 g/mol. The molecular weight excluding hydrogens is 224 g/mol. The van der Waals surface area contributed by atoms with E-state index in [1.807, 2.05) is 60.2 Å². The third kappa shape index (κ3) is 10.3. The minimum absolute atomic E-state index is 0.349. The fourth-order valence-corrected chi connectivity index (χ4v) is 1.86. The third-order valence-corrected chi connectivity index (χ3v) is 2.41. The SMILES string of the molecule is CC=C[SiH](OOC(C)(C)C)OOC(C)(C)C. The van der Waals surface area contributed by atoms with Gasteiger partial charge in [0.1, 0.15) is 0 Å². The Bertz CT molecular complexity index is 197. The molecule has 0 spiro atoms. The maximum absolute atomic E-state index is 5.25. The van der Waals surface area contributed by atoms with E-state index in [0.717, 1.165) is 0 Å². The average Bonchev–Trinajstić information content (AvgIpc) is 2.07. The summed E-state index contributed by atoms with van der Waals surface area (Å²) in [6.45, 7) is 13.4. The lowest BCUT2D eigenvalue weighted by molar-refractivity contribution is -0.337. The highest BCUT2D eigenvalue weighted by Gasteiger charge is 2.21. The highest BCUT2D eigenvalue weighted by molar-refractivity contribution is 6.50. The first-order valence-electron chi connectivity index (χ1n) is 5.46. The third-order valence-electron chi connectivity index (χ3n) is 1.14. The van der Waals surface area contributed by atoms with E-state index in [4.69, 9.17) is 18.9 Å². The van der Waals surface area contributed by atoms with Crippen LogP contribution in [0.1, 0.15) is 48.5 Å². The molecule has 0 aromatic rings. The number of rotatable bonds is 5. The van der Waals surface area contributed by atoms with Gasteiger partial charge in [-0.1, -0.05) is 6.08 Å². The van der Waals surface area contributed by atoms with Gasteiger partial charge in [0.2, 0.25) is 0 Å². The zero-order chi connectivity index (χ0) is 12.8. The van der Waals surface area contributed by atoms with Crippen molar-refractivity contribution in [2.24, 2.45) is 0 Å². The zero-order valence-electron chi connectivity index (χ0n) is 11.4. The molecule has 0 heterocycles. The van der Waals surface area contributed by atoms with E-state index in [9.17, 15) is 0 Å². The molecule has 0 amide bonds. The molecule has 0 aliphatic rings. The van der Waals surface area contributed by atoms with Crippen LogP contribution in [0.3, 0.4) is 0 Å². The lowest BCUT2D eigenvalue weighted by Gasteiger charge is -2.23. The largest absolute Gasteiger partial charge is 0.419 e. The summed E-state index contributed by atoms with van der Waals surface area (Å²) in [7, 11) is -2.06. The fourth-order valence-electron chi connectivity index (χ4n) is 0.621. The standard InChI is InChI=1S/C11H24O4Si/c1-8-9-16(14-12-10(2,3)4)15-13-11(5,6)7/h8-9,16H,1-7H3. The first-order valence-corrected chi connectivity index (χ1v) is 7.07. The number of hydrogen-bond donors (Lipinski definition) is 0. The van der Waals surface area contributed by atoms with E-state index in [-0.39, 0.29) is 11.2 Å². The molecule has 0 saturated carbocycles. The Balaban J connectivity index is 4.08. The Hall–Kier alpha value is -0.203. The van der Waals surface area contributed by atoms with E-state index >= 15 is 0 Å². The van der Waals surface area contributed by atoms with Crippen LogP contribution in [0, 0.1) is 0 Å². The Kier molecular flexibility index (Phi) is 6.43. The first-order chi connectivity index (χ1) is 7.14. The van der Waals surface area contributed by atoms with Gasteiger partial charge in [-0.05, 0) is 54.2 Å². The van der Waals surface area contributed by atoms with Crippen LogP contribution < -0.4 is 0 Å². The van der Waals surface area contributed by atoms with E-state index in [1.165, 1.54) is 0 Å². The van der Waals surface area contributed by atoms with Gasteiger partial charge in [-0.3, -0.25) is 0 Å². The molecule has 0 rings (SSSR count). The second-order valence-electron chi connectivity index (χ2n) is 5.48. The van der Waals surface area contributed by atoms with Crippen LogP contribution in [0.4, 0.5) is 0 Å². The van der Waals surface area contributed by atoms with Crippen molar-refractivity contribution in [3.05, 3.63) is 11.8 Å². The molecule has 0 N–H and O–H groups in total. The predicted octanol–water partition coefficient (Wildman–Crippen LogP) is 2.82. The summed E-state index contributed by atoms with van der Waals surface area (Å²) in [5, 5.41) is 0. The van der Waals surface area contributed by atoms with Crippen molar-refractivity contribution in [2.75, 3.05) is 0 Å². The maximum atomic E-state index is 5.25. The molecule has 96 valence electrons. The Morgan fingerprint density at radius 1 is 0.812 bits per heavy atom. The van der Waals surface area contributed by atoms with Crippen LogP contribution in [0.5, 0.6) is 0 Å². The molecule has 0 saturated heterocycles. The number of hydrogen-bond acceptors (Lipinski definition) is 4. The second-order valence-corrected chi connectivity index (χ2v) is 6.98. The lowest BCUT2D eigenvalue weighted by Crippen LogP contribution is -2.31. The monoisotopic (exact) mass is 248 g/mol. The fraction of sp³-hybridized carbons (Fsp3) is 0.818. The van der Waals surface area contributed by atoms with Crippen molar-refractivity contribution >= 4 is 9.28 Å². The minimum atomic E-state index is -2.06. The molecule has 0 fully saturated rings. The maximum Gasteiger partial charge on any atom is 0.419 e. The van der Waals surface area contributed by atoms with Gasteiger partial charge in [-0.25, -0.2) is 18.9 Å². The van der Waals surface area contributed by atoms with Crippen LogP contribution in [-0.2, 0) is 18.9 Å². The molecule has 0 aromatic carbocycles. The van der Waals surface area contributed by atoms with E-state index in [0.29, 0.717) is 0 Å². The molecule has 16 heavy (non-hydrogen) atoms. The van der Waals surface area contributed by atoms with E-state index < -0.39 is 9.28 Å².